The van der Waals surface area contributed by atoms with E-state index in [0.717, 1.165) is 6.07 Å². The number of nitrogens with zero attached hydrogens (tertiary/aromatic N) is 1. The molecule has 0 bridgehead atoms. The topological polar surface area (TPSA) is 24.9 Å². The van der Waals surface area contributed by atoms with E-state index in [9.17, 15) is 8.78 Å². The maximum atomic E-state index is 13.5. The molecular weight excluding hydrogens is 210 g/mol. The van der Waals surface area contributed by atoms with E-state index < -0.39 is 11.6 Å². The SMILES string of the molecule is CNc1cccc(-c2ccc(F)cc2F)n1. The fraction of sp³-hybridized carbons (Fsp3) is 0.0833. The lowest BCUT2D eigenvalue weighted by Gasteiger charge is -2.05. The molecular formula is C12H10F2N2. The molecule has 82 valence electrons. The molecule has 0 amide bonds. The number of pyridine rings is 1. The highest BCUT2D eigenvalue weighted by atomic mass is 19.1. The Morgan fingerprint density at radius 3 is 2.62 bits per heavy atom. The first-order valence-electron chi connectivity index (χ1n) is 4.81. The highest BCUT2D eigenvalue weighted by molar-refractivity contribution is 5.61. The second-order valence-corrected chi connectivity index (χ2v) is 3.28. The first-order valence-corrected chi connectivity index (χ1v) is 4.81. The van der Waals surface area contributed by atoms with Crippen LogP contribution < -0.4 is 5.32 Å². The molecule has 0 fully saturated rings. The molecule has 0 unspecified atom stereocenters. The third kappa shape index (κ3) is 2.00. The van der Waals surface area contributed by atoms with Crippen molar-refractivity contribution in [1.29, 1.82) is 0 Å². The molecule has 16 heavy (non-hydrogen) atoms. The molecule has 2 rings (SSSR count). The quantitative estimate of drug-likeness (QED) is 0.841. The molecule has 0 radical (unpaired) electrons. The highest BCUT2D eigenvalue weighted by Gasteiger charge is 2.07. The smallest absolute Gasteiger partial charge is 0.135 e. The van der Waals surface area contributed by atoms with Gasteiger partial charge in [0.05, 0.1) is 5.69 Å². The molecule has 1 N–H and O–H groups in total. The van der Waals surface area contributed by atoms with Crippen LogP contribution in [0.25, 0.3) is 11.3 Å². The molecule has 1 aromatic heterocycles. The maximum Gasteiger partial charge on any atom is 0.135 e. The molecule has 1 heterocycles. The summed E-state index contributed by atoms with van der Waals surface area (Å²) in [7, 11) is 1.73. The molecule has 1 aromatic carbocycles. The number of hydrogen-bond donors (Lipinski definition) is 1. The molecule has 2 nitrogen and oxygen atoms in total. The predicted octanol–water partition coefficient (Wildman–Crippen LogP) is 3.07. The maximum absolute atomic E-state index is 13.5. The van der Waals surface area contributed by atoms with Gasteiger partial charge in [-0.05, 0) is 24.3 Å². The summed E-state index contributed by atoms with van der Waals surface area (Å²) in [6.45, 7) is 0. The van der Waals surface area contributed by atoms with E-state index in [0.29, 0.717) is 17.1 Å². The van der Waals surface area contributed by atoms with Gasteiger partial charge in [0.25, 0.3) is 0 Å². The molecule has 0 saturated heterocycles. The number of anilines is 1. The number of hydrogen-bond acceptors (Lipinski definition) is 2. The van der Waals surface area contributed by atoms with Gasteiger partial charge in [0.1, 0.15) is 17.5 Å². The Bertz CT molecular complexity index is 512. The zero-order chi connectivity index (χ0) is 11.5. The van der Waals surface area contributed by atoms with E-state index in [4.69, 9.17) is 0 Å². The van der Waals surface area contributed by atoms with Crippen molar-refractivity contribution in [3.8, 4) is 11.3 Å². The highest BCUT2D eigenvalue weighted by Crippen LogP contribution is 2.22. The zero-order valence-electron chi connectivity index (χ0n) is 8.67. The molecule has 4 heteroatoms. The fourth-order valence-corrected chi connectivity index (χ4v) is 1.42. The van der Waals surface area contributed by atoms with Crippen molar-refractivity contribution < 1.29 is 8.78 Å². The minimum absolute atomic E-state index is 0.290. The van der Waals surface area contributed by atoms with E-state index in [1.54, 1.807) is 25.2 Å². The third-order valence-electron chi connectivity index (χ3n) is 2.21. The lowest BCUT2D eigenvalue weighted by Crippen LogP contribution is -1.94. The van der Waals surface area contributed by atoms with Crippen LogP contribution in [0.4, 0.5) is 14.6 Å². The van der Waals surface area contributed by atoms with Crippen LogP contribution in [0.1, 0.15) is 0 Å². The van der Waals surface area contributed by atoms with Crippen LogP contribution in [-0.4, -0.2) is 12.0 Å². The van der Waals surface area contributed by atoms with Gasteiger partial charge in [0.2, 0.25) is 0 Å². The van der Waals surface area contributed by atoms with Crippen LogP contribution in [-0.2, 0) is 0 Å². The molecule has 0 atom stereocenters. The van der Waals surface area contributed by atoms with Crippen molar-refractivity contribution in [2.75, 3.05) is 12.4 Å². The minimum atomic E-state index is -0.610. The van der Waals surface area contributed by atoms with E-state index in [1.165, 1.54) is 12.1 Å². The van der Waals surface area contributed by atoms with Crippen LogP contribution in [0.2, 0.25) is 0 Å². The van der Waals surface area contributed by atoms with Crippen LogP contribution in [0.5, 0.6) is 0 Å². The van der Waals surface area contributed by atoms with Gasteiger partial charge in [0, 0.05) is 18.7 Å². The van der Waals surface area contributed by atoms with Gasteiger partial charge >= 0.3 is 0 Å². The summed E-state index contributed by atoms with van der Waals surface area (Å²) in [6, 6.07) is 8.65. The Balaban J connectivity index is 2.49. The standard InChI is InChI=1S/C12H10F2N2/c1-15-12-4-2-3-11(16-12)9-6-5-8(13)7-10(9)14/h2-7H,1H3,(H,15,16). The van der Waals surface area contributed by atoms with Crippen molar-refractivity contribution in [3.05, 3.63) is 48.0 Å². The van der Waals surface area contributed by atoms with Crippen molar-refractivity contribution in [1.82, 2.24) is 4.98 Å². The van der Waals surface area contributed by atoms with Crippen LogP contribution in [0, 0.1) is 11.6 Å². The lowest BCUT2D eigenvalue weighted by atomic mass is 10.1. The van der Waals surface area contributed by atoms with Crippen LogP contribution >= 0.6 is 0 Å². The van der Waals surface area contributed by atoms with E-state index in [2.05, 4.69) is 10.3 Å². The van der Waals surface area contributed by atoms with Crippen molar-refractivity contribution in [2.45, 2.75) is 0 Å². The molecule has 0 aliphatic rings. The monoisotopic (exact) mass is 220 g/mol. The molecule has 0 aliphatic carbocycles. The normalized spacial score (nSPS) is 10.2. The summed E-state index contributed by atoms with van der Waals surface area (Å²) in [4.78, 5) is 4.18. The predicted molar refractivity (Wildman–Crippen MR) is 59.1 cm³/mol. The average molecular weight is 220 g/mol. The Labute approximate surface area is 92.0 Å². The number of aromatic nitrogens is 1. The second kappa shape index (κ2) is 4.26. The Morgan fingerprint density at radius 2 is 1.94 bits per heavy atom. The first-order chi connectivity index (χ1) is 7.70. The molecule has 0 saturated carbocycles. The summed E-state index contributed by atoms with van der Waals surface area (Å²) < 4.78 is 26.2. The summed E-state index contributed by atoms with van der Waals surface area (Å²) in [5.74, 6) is -0.562. The Morgan fingerprint density at radius 1 is 1.12 bits per heavy atom. The number of nitrogens with one attached hydrogen (secondary N) is 1. The van der Waals surface area contributed by atoms with Crippen molar-refractivity contribution >= 4 is 5.82 Å². The summed E-state index contributed by atoms with van der Waals surface area (Å²) >= 11 is 0. The zero-order valence-corrected chi connectivity index (χ0v) is 8.67. The largest absolute Gasteiger partial charge is 0.373 e. The van der Waals surface area contributed by atoms with E-state index in [-0.39, 0.29) is 0 Å². The average Bonchev–Trinajstić information content (AvgIpc) is 2.29. The van der Waals surface area contributed by atoms with Gasteiger partial charge in [-0.3, -0.25) is 0 Å². The lowest BCUT2D eigenvalue weighted by molar-refractivity contribution is 0.585. The summed E-state index contributed by atoms with van der Waals surface area (Å²) in [5.41, 5.74) is 0.767. The van der Waals surface area contributed by atoms with Gasteiger partial charge in [-0.2, -0.15) is 0 Å². The van der Waals surface area contributed by atoms with Crippen LogP contribution in [0.15, 0.2) is 36.4 Å². The Kier molecular flexibility index (Phi) is 2.81. The van der Waals surface area contributed by atoms with Crippen molar-refractivity contribution in [3.63, 3.8) is 0 Å². The van der Waals surface area contributed by atoms with Crippen LogP contribution in [0.3, 0.4) is 0 Å². The van der Waals surface area contributed by atoms with Gasteiger partial charge in [-0.1, -0.05) is 6.07 Å². The van der Waals surface area contributed by atoms with Gasteiger partial charge in [-0.15, -0.1) is 0 Å². The van der Waals surface area contributed by atoms with Gasteiger partial charge in [-0.25, -0.2) is 13.8 Å². The molecule has 0 spiro atoms. The number of rotatable bonds is 2. The molecule has 0 aliphatic heterocycles. The van der Waals surface area contributed by atoms with Crippen molar-refractivity contribution in [2.24, 2.45) is 0 Å². The second-order valence-electron chi connectivity index (χ2n) is 3.28. The number of halogens is 2. The van der Waals surface area contributed by atoms with Gasteiger partial charge < -0.3 is 5.32 Å². The summed E-state index contributed by atoms with van der Waals surface area (Å²) in [6.07, 6.45) is 0. The third-order valence-corrected chi connectivity index (χ3v) is 2.21. The Hall–Kier alpha value is -1.97. The fourth-order valence-electron chi connectivity index (χ4n) is 1.42. The van der Waals surface area contributed by atoms with Gasteiger partial charge in [0.15, 0.2) is 0 Å². The first kappa shape index (κ1) is 10.5. The number of benzene rings is 1. The minimum Gasteiger partial charge on any atom is -0.373 e. The molecule has 2 aromatic rings. The van der Waals surface area contributed by atoms with E-state index in [1.807, 2.05) is 0 Å². The van der Waals surface area contributed by atoms with E-state index >= 15 is 0 Å². The summed E-state index contributed by atoms with van der Waals surface area (Å²) in [5, 5.41) is 2.86.